The van der Waals surface area contributed by atoms with E-state index >= 15 is 0 Å². The van der Waals surface area contributed by atoms with Crippen LogP contribution in [0.5, 0.6) is 0 Å². The zero-order chi connectivity index (χ0) is 10.6. The number of rotatable bonds is 4. The predicted octanol–water partition coefficient (Wildman–Crippen LogP) is 2.17. The van der Waals surface area contributed by atoms with Crippen LogP contribution in [0.25, 0.3) is 0 Å². The van der Waals surface area contributed by atoms with Gasteiger partial charge in [0.05, 0.1) is 6.61 Å². The SMILES string of the molecule is CC(C)CNC1(CO)CCC(C)CC1. The van der Waals surface area contributed by atoms with Crippen molar-refractivity contribution in [2.45, 2.75) is 52.0 Å². The second-order valence-electron chi connectivity index (χ2n) is 5.40. The van der Waals surface area contributed by atoms with Gasteiger partial charge >= 0.3 is 0 Å². The fourth-order valence-corrected chi connectivity index (χ4v) is 2.13. The maximum atomic E-state index is 9.48. The van der Waals surface area contributed by atoms with E-state index in [4.69, 9.17) is 0 Å². The molecule has 0 aliphatic heterocycles. The van der Waals surface area contributed by atoms with E-state index < -0.39 is 0 Å². The fraction of sp³-hybridized carbons (Fsp3) is 1.00. The Morgan fingerprint density at radius 1 is 1.36 bits per heavy atom. The molecule has 0 aromatic heterocycles. The first-order valence-electron chi connectivity index (χ1n) is 5.94. The molecular formula is C12H25NO. The van der Waals surface area contributed by atoms with Crippen LogP contribution in [-0.4, -0.2) is 23.8 Å². The summed E-state index contributed by atoms with van der Waals surface area (Å²) in [4.78, 5) is 0. The lowest BCUT2D eigenvalue weighted by Crippen LogP contribution is -2.51. The predicted molar refractivity (Wildman–Crippen MR) is 60.3 cm³/mol. The third-order valence-corrected chi connectivity index (χ3v) is 3.42. The van der Waals surface area contributed by atoms with Gasteiger partial charge in [-0.05, 0) is 44.1 Å². The molecule has 1 saturated carbocycles. The summed E-state index contributed by atoms with van der Waals surface area (Å²) in [6, 6.07) is 0. The number of hydrogen-bond acceptors (Lipinski definition) is 2. The summed E-state index contributed by atoms with van der Waals surface area (Å²) < 4.78 is 0. The zero-order valence-corrected chi connectivity index (χ0v) is 9.84. The van der Waals surface area contributed by atoms with Gasteiger partial charge in [0.25, 0.3) is 0 Å². The van der Waals surface area contributed by atoms with Crippen LogP contribution in [0.15, 0.2) is 0 Å². The molecule has 1 aliphatic rings. The molecule has 0 saturated heterocycles. The Kier molecular flexibility index (Phi) is 4.39. The molecule has 0 radical (unpaired) electrons. The van der Waals surface area contributed by atoms with E-state index in [1.807, 2.05) is 0 Å². The Balaban J connectivity index is 2.41. The first-order chi connectivity index (χ1) is 6.58. The summed E-state index contributed by atoms with van der Waals surface area (Å²) >= 11 is 0. The van der Waals surface area contributed by atoms with Crippen LogP contribution in [0.4, 0.5) is 0 Å². The lowest BCUT2D eigenvalue weighted by molar-refractivity contribution is 0.103. The Labute approximate surface area is 88.1 Å². The Hall–Kier alpha value is -0.0800. The third-order valence-electron chi connectivity index (χ3n) is 3.42. The number of aliphatic hydroxyl groups is 1. The minimum absolute atomic E-state index is 0.0385. The van der Waals surface area contributed by atoms with E-state index in [1.165, 1.54) is 12.8 Å². The molecular weight excluding hydrogens is 174 g/mol. The van der Waals surface area contributed by atoms with Gasteiger partial charge in [-0.25, -0.2) is 0 Å². The molecule has 0 spiro atoms. The van der Waals surface area contributed by atoms with E-state index in [9.17, 15) is 5.11 Å². The molecule has 0 heterocycles. The number of hydrogen-bond donors (Lipinski definition) is 2. The highest BCUT2D eigenvalue weighted by Crippen LogP contribution is 2.31. The summed E-state index contributed by atoms with van der Waals surface area (Å²) in [7, 11) is 0. The lowest BCUT2D eigenvalue weighted by atomic mass is 9.77. The second kappa shape index (κ2) is 5.13. The Morgan fingerprint density at radius 3 is 2.36 bits per heavy atom. The van der Waals surface area contributed by atoms with Crippen LogP contribution >= 0.6 is 0 Å². The van der Waals surface area contributed by atoms with E-state index in [1.54, 1.807) is 0 Å². The highest BCUT2D eigenvalue weighted by atomic mass is 16.3. The number of aliphatic hydroxyl groups excluding tert-OH is 1. The standard InChI is InChI=1S/C12H25NO/c1-10(2)8-13-12(9-14)6-4-11(3)5-7-12/h10-11,13-14H,4-9H2,1-3H3. The van der Waals surface area contributed by atoms with Crippen LogP contribution in [0.2, 0.25) is 0 Å². The molecule has 84 valence electrons. The molecule has 2 heteroatoms. The van der Waals surface area contributed by atoms with Crippen LogP contribution in [0, 0.1) is 11.8 Å². The Morgan fingerprint density at radius 2 is 1.93 bits per heavy atom. The van der Waals surface area contributed by atoms with Gasteiger partial charge in [0, 0.05) is 5.54 Å². The van der Waals surface area contributed by atoms with Crippen molar-refractivity contribution in [3.8, 4) is 0 Å². The van der Waals surface area contributed by atoms with Gasteiger partial charge in [-0.15, -0.1) is 0 Å². The monoisotopic (exact) mass is 199 g/mol. The van der Waals surface area contributed by atoms with Crippen molar-refractivity contribution in [3.05, 3.63) is 0 Å². The van der Waals surface area contributed by atoms with Gasteiger partial charge in [0.1, 0.15) is 0 Å². The van der Waals surface area contributed by atoms with Crippen molar-refractivity contribution in [1.82, 2.24) is 5.32 Å². The molecule has 0 bridgehead atoms. The zero-order valence-electron chi connectivity index (χ0n) is 9.84. The molecule has 0 atom stereocenters. The summed E-state index contributed by atoms with van der Waals surface area (Å²) in [5, 5.41) is 13.0. The van der Waals surface area contributed by atoms with Crippen LogP contribution in [-0.2, 0) is 0 Å². The smallest absolute Gasteiger partial charge is 0.0613 e. The van der Waals surface area contributed by atoms with Gasteiger partial charge in [0.2, 0.25) is 0 Å². The topological polar surface area (TPSA) is 32.3 Å². The molecule has 14 heavy (non-hydrogen) atoms. The minimum atomic E-state index is 0.0385. The third kappa shape index (κ3) is 3.25. The Bertz CT molecular complexity index is 160. The van der Waals surface area contributed by atoms with Crippen molar-refractivity contribution in [3.63, 3.8) is 0 Å². The fourth-order valence-electron chi connectivity index (χ4n) is 2.13. The van der Waals surface area contributed by atoms with E-state index in [0.717, 1.165) is 25.3 Å². The normalized spacial score (nSPS) is 33.6. The molecule has 2 N–H and O–H groups in total. The highest BCUT2D eigenvalue weighted by molar-refractivity contribution is 4.91. The molecule has 2 nitrogen and oxygen atoms in total. The second-order valence-corrected chi connectivity index (χ2v) is 5.40. The summed E-state index contributed by atoms with van der Waals surface area (Å²) in [5.74, 6) is 1.51. The largest absolute Gasteiger partial charge is 0.394 e. The number of nitrogens with one attached hydrogen (secondary N) is 1. The van der Waals surface area contributed by atoms with E-state index in [-0.39, 0.29) is 5.54 Å². The van der Waals surface area contributed by atoms with Gasteiger partial charge in [0.15, 0.2) is 0 Å². The van der Waals surface area contributed by atoms with Crippen molar-refractivity contribution in [2.24, 2.45) is 11.8 Å². The van der Waals surface area contributed by atoms with Crippen molar-refractivity contribution < 1.29 is 5.11 Å². The lowest BCUT2D eigenvalue weighted by Gasteiger charge is -2.39. The molecule has 1 fully saturated rings. The molecule has 0 amide bonds. The average Bonchev–Trinajstić information content (AvgIpc) is 2.18. The van der Waals surface area contributed by atoms with Crippen LogP contribution < -0.4 is 5.32 Å². The van der Waals surface area contributed by atoms with Gasteiger partial charge < -0.3 is 10.4 Å². The van der Waals surface area contributed by atoms with Gasteiger partial charge in [-0.2, -0.15) is 0 Å². The van der Waals surface area contributed by atoms with Gasteiger partial charge in [-0.1, -0.05) is 20.8 Å². The molecule has 1 rings (SSSR count). The molecule has 0 unspecified atom stereocenters. The quantitative estimate of drug-likeness (QED) is 0.727. The van der Waals surface area contributed by atoms with Crippen LogP contribution in [0.1, 0.15) is 46.5 Å². The molecule has 1 aliphatic carbocycles. The minimum Gasteiger partial charge on any atom is -0.394 e. The van der Waals surface area contributed by atoms with Crippen molar-refractivity contribution >= 4 is 0 Å². The summed E-state index contributed by atoms with van der Waals surface area (Å²) in [5.41, 5.74) is 0.0385. The average molecular weight is 199 g/mol. The van der Waals surface area contributed by atoms with Crippen molar-refractivity contribution in [1.29, 1.82) is 0 Å². The molecule has 0 aromatic carbocycles. The first kappa shape index (κ1) is 12.0. The van der Waals surface area contributed by atoms with Crippen molar-refractivity contribution in [2.75, 3.05) is 13.2 Å². The van der Waals surface area contributed by atoms with Gasteiger partial charge in [-0.3, -0.25) is 0 Å². The maximum absolute atomic E-state index is 9.48. The maximum Gasteiger partial charge on any atom is 0.0613 e. The first-order valence-corrected chi connectivity index (χ1v) is 5.94. The summed E-state index contributed by atoms with van der Waals surface area (Å²) in [6.07, 6.45) is 4.78. The summed E-state index contributed by atoms with van der Waals surface area (Å²) in [6.45, 7) is 8.05. The van der Waals surface area contributed by atoms with E-state index in [0.29, 0.717) is 12.5 Å². The van der Waals surface area contributed by atoms with Crippen LogP contribution in [0.3, 0.4) is 0 Å². The molecule has 0 aromatic rings. The highest BCUT2D eigenvalue weighted by Gasteiger charge is 2.32. The van der Waals surface area contributed by atoms with E-state index in [2.05, 4.69) is 26.1 Å².